The van der Waals surface area contributed by atoms with Gasteiger partial charge in [-0.25, -0.2) is 4.98 Å². The third-order valence-corrected chi connectivity index (χ3v) is 6.89. The average Bonchev–Trinajstić information content (AvgIpc) is 2.93. The SMILES string of the molecule is CCC(c1ncc(-c2ccccc2)c(=O)n1Cc1ccccc1)N(CCNC)C(=O)c1ccc(Br)cc1. The second-order valence-corrected chi connectivity index (χ2v) is 9.72. The Morgan fingerprint density at radius 3 is 2.27 bits per heavy atom. The predicted octanol–water partition coefficient (Wildman–Crippen LogP) is 5.53. The highest BCUT2D eigenvalue weighted by Crippen LogP contribution is 2.26. The van der Waals surface area contributed by atoms with Gasteiger partial charge < -0.3 is 10.2 Å². The van der Waals surface area contributed by atoms with Gasteiger partial charge in [0.1, 0.15) is 5.82 Å². The Hall–Kier alpha value is -3.55. The van der Waals surface area contributed by atoms with Gasteiger partial charge >= 0.3 is 0 Å². The molecule has 0 aliphatic carbocycles. The molecule has 0 radical (unpaired) electrons. The zero-order chi connectivity index (χ0) is 26.2. The first-order valence-electron chi connectivity index (χ1n) is 12.4. The first-order chi connectivity index (χ1) is 18.0. The van der Waals surface area contributed by atoms with Gasteiger partial charge in [0.15, 0.2) is 0 Å². The molecule has 6 nitrogen and oxygen atoms in total. The predicted molar refractivity (Wildman–Crippen MR) is 152 cm³/mol. The minimum Gasteiger partial charge on any atom is -0.327 e. The second-order valence-electron chi connectivity index (χ2n) is 8.81. The van der Waals surface area contributed by atoms with Crippen LogP contribution in [-0.2, 0) is 6.54 Å². The maximum atomic E-state index is 13.9. The zero-order valence-corrected chi connectivity index (χ0v) is 22.7. The molecule has 1 unspecified atom stereocenters. The molecule has 0 saturated heterocycles. The van der Waals surface area contributed by atoms with Crippen molar-refractivity contribution in [3.05, 3.63) is 123 Å². The third kappa shape index (κ3) is 6.24. The maximum absolute atomic E-state index is 13.9. The van der Waals surface area contributed by atoms with Crippen molar-refractivity contribution in [3.63, 3.8) is 0 Å². The quantitative estimate of drug-likeness (QED) is 0.277. The van der Waals surface area contributed by atoms with Gasteiger partial charge in [-0.1, -0.05) is 83.5 Å². The van der Waals surface area contributed by atoms with Crippen LogP contribution in [0.5, 0.6) is 0 Å². The second kappa shape index (κ2) is 12.6. The molecular weight excluding hydrogens is 528 g/mol. The monoisotopic (exact) mass is 558 g/mol. The van der Waals surface area contributed by atoms with Gasteiger partial charge in [0.05, 0.1) is 18.2 Å². The minimum atomic E-state index is -0.384. The Kier molecular flexibility index (Phi) is 9.04. The summed E-state index contributed by atoms with van der Waals surface area (Å²) in [6.45, 7) is 3.48. The highest BCUT2D eigenvalue weighted by molar-refractivity contribution is 9.10. The fraction of sp³-hybridized carbons (Fsp3) is 0.233. The summed E-state index contributed by atoms with van der Waals surface area (Å²) < 4.78 is 2.64. The Balaban J connectivity index is 1.84. The number of nitrogens with zero attached hydrogens (tertiary/aromatic N) is 3. The van der Waals surface area contributed by atoms with E-state index in [1.807, 2.05) is 104 Å². The van der Waals surface area contributed by atoms with Gasteiger partial charge in [0, 0.05) is 29.3 Å². The number of halogens is 1. The van der Waals surface area contributed by atoms with Gasteiger partial charge in [-0.15, -0.1) is 0 Å². The van der Waals surface area contributed by atoms with E-state index in [-0.39, 0.29) is 17.5 Å². The van der Waals surface area contributed by atoms with Crippen LogP contribution in [-0.4, -0.2) is 40.5 Å². The number of carbonyl (C=O) groups is 1. The Bertz CT molecular complexity index is 1370. The van der Waals surface area contributed by atoms with Gasteiger partial charge in [0.2, 0.25) is 0 Å². The fourth-order valence-electron chi connectivity index (χ4n) is 4.44. The third-order valence-electron chi connectivity index (χ3n) is 6.36. The number of likely N-dealkylation sites (N-methyl/N-ethyl adjacent to an activating group) is 1. The lowest BCUT2D eigenvalue weighted by molar-refractivity contribution is 0.0660. The van der Waals surface area contributed by atoms with E-state index in [9.17, 15) is 9.59 Å². The molecule has 1 N–H and O–H groups in total. The fourth-order valence-corrected chi connectivity index (χ4v) is 4.70. The van der Waals surface area contributed by atoms with Crippen LogP contribution in [0.25, 0.3) is 11.1 Å². The van der Waals surface area contributed by atoms with Crippen LogP contribution in [0.15, 0.2) is 100 Å². The summed E-state index contributed by atoms with van der Waals surface area (Å²) in [4.78, 5) is 34.3. The van der Waals surface area contributed by atoms with Crippen molar-refractivity contribution in [2.45, 2.75) is 25.9 Å². The van der Waals surface area contributed by atoms with Crippen molar-refractivity contribution >= 4 is 21.8 Å². The van der Waals surface area contributed by atoms with Crippen LogP contribution < -0.4 is 10.9 Å². The van der Waals surface area contributed by atoms with Gasteiger partial charge in [-0.2, -0.15) is 0 Å². The van der Waals surface area contributed by atoms with Crippen LogP contribution in [0.3, 0.4) is 0 Å². The number of amides is 1. The summed E-state index contributed by atoms with van der Waals surface area (Å²) >= 11 is 3.44. The molecular formula is C30H31BrN4O2. The summed E-state index contributed by atoms with van der Waals surface area (Å²) in [6, 6.07) is 26.4. The van der Waals surface area contributed by atoms with Gasteiger partial charge in [-0.3, -0.25) is 14.2 Å². The molecule has 7 heteroatoms. The van der Waals surface area contributed by atoms with Crippen molar-refractivity contribution in [1.82, 2.24) is 19.8 Å². The van der Waals surface area contributed by atoms with Crippen molar-refractivity contribution in [3.8, 4) is 11.1 Å². The lowest BCUT2D eigenvalue weighted by Gasteiger charge is -2.32. The molecule has 0 fully saturated rings. The molecule has 0 spiro atoms. The molecule has 4 aromatic rings. The van der Waals surface area contributed by atoms with E-state index in [0.29, 0.717) is 43.0 Å². The van der Waals surface area contributed by atoms with Crippen LogP contribution in [0, 0.1) is 0 Å². The molecule has 0 saturated carbocycles. The summed E-state index contributed by atoms with van der Waals surface area (Å²) in [5, 5.41) is 3.15. The smallest absolute Gasteiger partial charge is 0.261 e. The standard InChI is InChI=1S/C30H31BrN4O2/c1-3-27(34(19-18-32-2)29(36)24-14-16-25(31)17-15-24)28-33-20-26(23-12-8-5-9-13-23)30(37)35(28)21-22-10-6-4-7-11-22/h4-17,20,27,32H,3,18-19,21H2,1-2H3. The Morgan fingerprint density at radius 2 is 1.65 bits per heavy atom. The lowest BCUT2D eigenvalue weighted by Crippen LogP contribution is -2.42. The number of rotatable bonds is 10. The first kappa shape index (κ1) is 26.5. The number of hydrogen-bond acceptors (Lipinski definition) is 4. The average molecular weight is 560 g/mol. The first-order valence-corrected chi connectivity index (χ1v) is 13.2. The summed E-state index contributed by atoms with van der Waals surface area (Å²) in [6.07, 6.45) is 2.26. The van der Waals surface area contributed by atoms with E-state index in [1.165, 1.54) is 0 Å². The minimum absolute atomic E-state index is 0.0951. The number of benzene rings is 3. The molecule has 1 heterocycles. The summed E-state index contributed by atoms with van der Waals surface area (Å²) in [5.41, 5.74) is 2.82. The van der Waals surface area contributed by atoms with E-state index in [1.54, 1.807) is 10.8 Å². The molecule has 190 valence electrons. The summed E-state index contributed by atoms with van der Waals surface area (Å²) in [5.74, 6) is 0.486. The lowest BCUT2D eigenvalue weighted by atomic mass is 10.1. The van der Waals surface area contributed by atoms with Crippen molar-refractivity contribution in [1.29, 1.82) is 0 Å². The number of nitrogens with one attached hydrogen (secondary N) is 1. The Labute approximate surface area is 226 Å². The Morgan fingerprint density at radius 1 is 1.00 bits per heavy atom. The topological polar surface area (TPSA) is 67.2 Å². The highest BCUT2D eigenvalue weighted by Gasteiger charge is 2.29. The van der Waals surface area contributed by atoms with Crippen LogP contribution in [0.4, 0.5) is 0 Å². The van der Waals surface area contributed by atoms with Crippen LogP contribution in [0.2, 0.25) is 0 Å². The van der Waals surface area contributed by atoms with E-state index < -0.39 is 0 Å². The van der Waals surface area contributed by atoms with E-state index >= 15 is 0 Å². The van der Waals surface area contributed by atoms with E-state index in [0.717, 1.165) is 15.6 Å². The van der Waals surface area contributed by atoms with Gasteiger partial charge in [0.25, 0.3) is 11.5 Å². The molecule has 0 aliphatic rings. The van der Waals surface area contributed by atoms with Crippen molar-refractivity contribution < 1.29 is 4.79 Å². The molecule has 3 aromatic carbocycles. The number of aromatic nitrogens is 2. The summed E-state index contributed by atoms with van der Waals surface area (Å²) in [7, 11) is 1.86. The number of hydrogen-bond donors (Lipinski definition) is 1. The molecule has 1 atom stereocenters. The van der Waals surface area contributed by atoms with Crippen molar-refractivity contribution in [2.24, 2.45) is 0 Å². The molecule has 1 aromatic heterocycles. The van der Waals surface area contributed by atoms with Crippen molar-refractivity contribution in [2.75, 3.05) is 20.1 Å². The molecule has 1 amide bonds. The van der Waals surface area contributed by atoms with Crippen LogP contribution in [0.1, 0.15) is 41.1 Å². The number of carbonyl (C=O) groups excluding carboxylic acids is 1. The molecule has 0 aliphatic heterocycles. The van der Waals surface area contributed by atoms with Gasteiger partial charge in [-0.05, 0) is 48.9 Å². The van der Waals surface area contributed by atoms with E-state index in [2.05, 4.69) is 21.2 Å². The molecule has 37 heavy (non-hydrogen) atoms. The normalized spacial score (nSPS) is 11.8. The largest absolute Gasteiger partial charge is 0.327 e. The molecule has 0 bridgehead atoms. The van der Waals surface area contributed by atoms with Crippen LogP contribution >= 0.6 is 15.9 Å². The van der Waals surface area contributed by atoms with E-state index in [4.69, 9.17) is 4.98 Å². The maximum Gasteiger partial charge on any atom is 0.261 e. The highest BCUT2D eigenvalue weighted by atomic mass is 79.9. The molecule has 4 rings (SSSR count). The zero-order valence-electron chi connectivity index (χ0n) is 21.1.